The number of carbonyl (C=O) groups excluding carboxylic acids is 1. The lowest BCUT2D eigenvalue weighted by molar-refractivity contribution is -0.123. The quantitative estimate of drug-likeness (QED) is 0.383. The number of aromatic nitrogens is 4. The molecule has 0 bridgehead atoms. The number of carbonyl (C=O) groups is 2. The lowest BCUT2D eigenvalue weighted by Crippen LogP contribution is -2.44. The van der Waals surface area contributed by atoms with Gasteiger partial charge in [0.15, 0.2) is 18.2 Å². The largest absolute Gasteiger partial charge is 0.483 e. The zero-order valence-corrected chi connectivity index (χ0v) is 19.9. The average Bonchev–Trinajstić information content (AvgIpc) is 2.87. The maximum atomic E-state index is 11.6. The van der Waals surface area contributed by atoms with Crippen LogP contribution in [-0.4, -0.2) is 82.4 Å². The van der Waals surface area contributed by atoms with E-state index in [9.17, 15) is 4.79 Å². The molecule has 0 spiro atoms. The molecular weight excluding hydrogens is 466 g/mol. The molecule has 5 rings (SSSR count). The highest BCUT2D eigenvalue weighted by molar-refractivity contribution is 5.96. The normalized spacial score (nSPS) is 14.9. The van der Waals surface area contributed by atoms with Crippen LogP contribution in [0.1, 0.15) is 5.56 Å². The molecule has 1 aromatic carbocycles. The van der Waals surface area contributed by atoms with E-state index in [4.69, 9.17) is 14.6 Å². The third-order valence-corrected chi connectivity index (χ3v) is 5.56. The van der Waals surface area contributed by atoms with Gasteiger partial charge in [0, 0.05) is 43.6 Å². The standard InChI is InChI=1S/C22H25N9O2.CH2O2/c1-14-12-23-22(26-18-5-6-19(29-28-18)31-9-7-30(2)8-10-31)27-21(14)24-15-3-4-17-16(11-15)25-20(32)13-33-17;2-1-3/h3-6,11-12H,7-10,13H2,1-2H3,(H,25,32)(H2,23,24,26,27,28);1H,(H,2,3). The van der Waals surface area contributed by atoms with Crippen LogP contribution in [0.25, 0.3) is 0 Å². The van der Waals surface area contributed by atoms with Crippen LogP contribution >= 0.6 is 0 Å². The Kier molecular flexibility index (Phi) is 7.70. The predicted molar refractivity (Wildman–Crippen MR) is 134 cm³/mol. The topological polar surface area (TPSA) is 158 Å². The van der Waals surface area contributed by atoms with E-state index in [0.717, 1.165) is 43.2 Å². The third-order valence-electron chi connectivity index (χ3n) is 5.56. The molecule has 4 N–H and O–H groups in total. The summed E-state index contributed by atoms with van der Waals surface area (Å²) >= 11 is 0. The first kappa shape index (κ1) is 24.6. The Balaban J connectivity index is 0.000000967. The van der Waals surface area contributed by atoms with Crippen LogP contribution in [0.15, 0.2) is 36.5 Å². The number of benzene rings is 1. The van der Waals surface area contributed by atoms with E-state index >= 15 is 0 Å². The van der Waals surface area contributed by atoms with Gasteiger partial charge in [-0.05, 0) is 44.3 Å². The molecule has 3 aromatic rings. The molecule has 0 aliphatic carbocycles. The number of nitrogens with one attached hydrogen (secondary N) is 3. The fraction of sp³-hybridized carbons (Fsp3) is 0.304. The van der Waals surface area contributed by atoms with Crippen LogP contribution in [0, 0.1) is 6.92 Å². The minimum Gasteiger partial charge on any atom is -0.483 e. The van der Waals surface area contributed by atoms with Gasteiger partial charge in [-0.2, -0.15) is 4.98 Å². The second kappa shape index (κ2) is 11.3. The molecule has 2 aliphatic rings. The number of amides is 1. The highest BCUT2D eigenvalue weighted by atomic mass is 16.5. The van der Waals surface area contributed by atoms with Gasteiger partial charge in [0.1, 0.15) is 11.6 Å². The van der Waals surface area contributed by atoms with Crippen molar-refractivity contribution in [3.8, 4) is 5.75 Å². The van der Waals surface area contributed by atoms with Crippen molar-refractivity contribution in [2.45, 2.75) is 6.92 Å². The number of fused-ring (bicyclic) bond motifs is 1. The maximum absolute atomic E-state index is 11.6. The Labute approximate surface area is 207 Å². The highest BCUT2D eigenvalue weighted by Gasteiger charge is 2.17. The Hall–Kier alpha value is -4.52. The monoisotopic (exact) mass is 493 g/mol. The van der Waals surface area contributed by atoms with Crippen molar-refractivity contribution in [3.63, 3.8) is 0 Å². The summed E-state index contributed by atoms with van der Waals surface area (Å²) in [4.78, 5) is 33.4. The van der Waals surface area contributed by atoms with E-state index in [1.54, 1.807) is 6.20 Å². The minimum atomic E-state index is -0.250. The number of rotatable bonds is 5. The molecule has 13 heteroatoms. The van der Waals surface area contributed by atoms with Crippen molar-refractivity contribution in [2.75, 3.05) is 60.7 Å². The van der Waals surface area contributed by atoms with Crippen LogP contribution in [0.5, 0.6) is 5.75 Å². The van der Waals surface area contributed by atoms with Gasteiger partial charge in [0.2, 0.25) is 5.95 Å². The lowest BCUT2D eigenvalue weighted by atomic mass is 10.2. The number of ether oxygens (including phenoxy) is 1. The summed E-state index contributed by atoms with van der Waals surface area (Å²) in [6, 6.07) is 9.32. The fourth-order valence-electron chi connectivity index (χ4n) is 3.64. The summed E-state index contributed by atoms with van der Waals surface area (Å²) < 4.78 is 5.41. The highest BCUT2D eigenvalue weighted by Crippen LogP contribution is 2.32. The smallest absolute Gasteiger partial charge is 0.290 e. The zero-order valence-electron chi connectivity index (χ0n) is 19.9. The van der Waals surface area contributed by atoms with Crippen molar-refractivity contribution < 1.29 is 19.4 Å². The van der Waals surface area contributed by atoms with E-state index in [1.807, 2.05) is 37.3 Å². The molecule has 13 nitrogen and oxygen atoms in total. The van der Waals surface area contributed by atoms with E-state index in [1.165, 1.54) is 0 Å². The number of likely N-dealkylation sites (N-methyl/N-ethyl adjacent to an activating group) is 1. The summed E-state index contributed by atoms with van der Waals surface area (Å²) in [6.07, 6.45) is 1.73. The van der Waals surface area contributed by atoms with Crippen LogP contribution in [-0.2, 0) is 9.59 Å². The van der Waals surface area contributed by atoms with E-state index in [-0.39, 0.29) is 19.0 Å². The first-order valence-electron chi connectivity index (χ1n) is 11.2. The third kappa shape index (κ3) is 6.13. The molecule has 4 heterocycles. The molecule has 0 atom stereocenters. The Bertz CT molecular complexity index is 1210. The first-order valence-corrected chi connectivity index (χ1v) is 11.2. The Morgan fingerprint density at radius 3 is 2.61 bits per heavy atom. The van der Waals surface area contributed by atoms with Gasteiger partial charge in [-0.15, -0.1) is 10.2 Å². The molecule has 0 unspecified atom stereocenters. The van der Waals surface area contributed by atoms with Crippen molar-refractivity contribution in [1.29, 1.82) is 0 Å². The summed E-state index contributed by atoms with van der Waals surface area (Å²) in [5.74, 6) is 2.93. The van der Waals surface area contributed by atoms with Crippen LogP contribution in [0.2, 0.25) is 0 Å². The molecule has 36 heavy (non-hydrogen) atoms. The molecule has 0 saturated carbocycles. The maximum Gasteiger partial charge on any atom is 0.290 e. The lowest BCUT2D eigenvalue weighted by Gasteiger charge is -2.32. The molecule has 1 amide bonds. The number of piperazine rings is 1. The van der Waals surface area contributed by atoms with Gasteiger partial charge in [0.05, 0.1) is 5.69 Å². The molecule has 2 aliphatic heterocycles. The van der Waals surface area contributed by atoms with Gasteiger partial charge in [-0.3, -0.25) is 9.59 Å². The SMILES string of the molecule is Cc1cnc(Nc2ccc(N3CCN(C)CC3)nn2)nc1Nc1ccc2c(c1)NC(=O)CO2.O=CO. The van der Waals surface area contributed by atoms with Gasteiger partial charge >= 0.3 is 0 Å². The Morgan fingerprint density at radius 2 is 1.89 bits per heavy atom. The summed E-state index contributed by atoms with van der Waals surface area (Å²) in [5.41, 5.74) is 2.26. The molecule has 1 fully saturated rings. The van der Waals surface area contributed by atoms with Crippen molar-refractivity contribution in [2.24, 2.45) is 0 Å². The van der Waals surface area contributed by atoms with Gasteiger partial charge in [0.25, 0.3) is 12.4 Å². The van der Waals surface area contributed by atoms with Gasteiger partial charge in [-0.25, -0.2) is 4.98 Å². The Morgan fingerprint density at radius 1 is 1.11 bits per heavy atom. The van der Waals surface area contributed by atoms with Crippen LogP contribution in [0.4, 0.5) is 34.8 Å². The van der Waals surface area contributed by atoms with Crippen LogP contribution in [0.3, 0.4) is 0 Å². The average molecular weight is 494 g/mol. The number of hydrogen-bond donors (Lipinski definition) is 4. The van der Waals surface area contributed by atoms with E-state index in [0.29, 0.717) is 29.0 Å². The van der Waals surface area contributed by atoms with Crippen molar-refractivity contribution in [1.82, 2.24) is 25.1 Å². The minimum absolute atomic E-state index is 0.0269. The summed E-state index contributed by atoms with van der Waals surface area (Å²) in [7, 11) is 2.12. The van der Waals surface area contributed by atoms with Crippen LogP contribution < -0.4 is 25.6 Å². The molecule has 188 valence electrons. The number of aryl methyl sites for hydroxylation is 1. The first-order chi connectivity index (χ1) is 17.4. The second-order valence-electron chi connectivity index (χ2n) is 8.20. The fourth-order valence-corrected chi connectivity index (χ4v) is 3.64. The number of carboxylic acid groups (broad SMARTS) is 1. The summed E-state index contributed by atoms with van der Waals surface area (Å²) in [5, 5.41) is 24.7. The predicted octanol–water partition coefficient (Wildman–Crippen LogP) is 1.85. The molecule has 1 saturated heterocycles. The van der Waals surface area contributed by atoms with Gasteiger partial charge in [-0.1, -0.05) is 0 Å². The number of anilines is 6. The van der Waals surface area contributed by atoms with Crippen molar-refractivity contribution in [3.05, 3.63) is 42.1 Å². The van der Waals surface area contributed by atoms with E-state index < -0.39 is 0 Å². The second-order valence-corrected chi connectivity index (χ2v) is 8.20. The zero-order chi connectivity index (χ0) is 25.5. The van der Waals surface area contributed by atoms with E-state index in [2.05, 4.69) is 53.0 Å². The summed E-state index contributed by atoms with van der Waals surface area (Å²) in [6.45, 7) is 5.59. The number of hydrogen-bond acceptors (Lipinski definition) is 11. The molecule has 0 radical (unpaired) electrons. The molecular formula is C23H27N9O4. The number of nitrogens with zero attached hydrogens (tertiary/aromatic N) is 6. The van der Waals surface area contributed by atoms with Crippen molar-refractivity contribution >= 4 is 47.2 Å². The van der Waals surface area contributed by atoms with Gasteiger partial charge < -0.3 is 35.6 Å². The molecule has 2 aromatic heterocycles.